The second-order valence-electron chi connectivity index (χ2n) is 3.17. The summed E-state index contributed by atoms with van der Waals surface area (Å²) in [6, 6.07) is 0. The summed E-state index contributed by atoms with van der Waals surface area (Å²) in [5.41, 5.74) is 4.58. The molecule has 19 heavy (non-hydrogen) atoms. The van der Waals surface area contributed by atoms with Crippen LogP contribution in [-0.2, 0) is 0 Å². The summed E-state index contributed by atoms with van der Waals surface area (Å²) in [5.74, 6) is -1.76. The van der Waals surface area contributed by atoms with Gasteiger partial charge in [0.15, 0.2) is 5.56 Å². The van der Waals surface area contributed by atoms with Crippen LogP contribution in [0.2, 0.25) is 0 Å². The first-order valence-electron chi connectivity index (χ1n) is 4.54. The maximum absolute atomic E-state index is 11.0. The van der Waals surface area contributed by atoms with Crippen molar-refractivity contribution in [2.75, 3.05) is 0 Å². The highest BCUT2D eigenvalue weighted by Gasteiger charge is 2.27. The summed E-state index contributed by atoms with van der Waals surface area (Å²) in [7, 11) is 0. The third-order valence-corrected chi connectivity index (χ3v) is 2.93. The molecule has 0 spiro atoms. The second-order valence-corrected chi connectivity index (χ2v) is 4.16. The monoisotopic (exact) mass is 284 g/mol. The van der Waals surface area contributed by atoms with Crippen LogP contribution >= 0.6 is 11.3 Å². The average Bonchev–Trinajstić information content (AvgIpc) is 2.95. The number of carbonyl (C=O) groups is 1. The Morgan fingerprint density at radius 1 is 1.37 bits per heavy atom. The molecule has 2 aromatic heterocycles. The fraction of sp³-hybridized carbons (Fsp3) is 0. The molecule has 0 atom stereocenters. The molecule has 0 bridgehead atoms. The Hall–Kier alpha value is -2.89. The number of nitrogens with zero attached hydrogens (tertiary/aromatic N) is 5. The number of hydrogen-bond donors (Lipinski definition) is 1. The predicted molar refractivity (Wildman–Crippen MR) is 61.1 cm³/mol. The molecule has 2 heterocycles. The van der Waals surface area contributed by atoms with Gasteiger partial charge in [-0.25, -0.2) is 4.98 Å². The predicted octanol–water partition coefficient (Wildman–Crippen LogP) is 0.244. The average molecular weight is 284 g/mol. The molecule has 11 nitrogen and oxygen atoms in total. The molecule has 0 saturated carbocycles. The Morgan fingerprint density at radius 2 is 2.05 bits per heavy atom. The van der Waals surface area contributed by atoms with E-state index in [0.717, 1.165) is 17.1 Å². The minimum atomic E-state index is -1.02. The van der Waals surface area contributed by atoms with Crippen molar-refractivity contribution in [1.82, 2.24) is 14.8 Å². The minimum absolute atomic E-state index is 0.0160. The number of thiazole rings is 1. The summed E-state index contributed by atoms with van der Waals surface area (Å²) in [4.78, 5) is 34.4. The molecule has 0 unspecified atom stereocenters. The Morgan fingerprint density at radius 3 is 2.47 bits per heavy atom. The van der Waals surface area contributed by atoms with Crippen molar-refractivity contribution in [3.63, 3.8) is 0 Å². The first kappa shape index (κ1) is 12.6. The number of aromatic nitrogens is 3. The zero-order valence-corrected chi connectivity index (χ0v) is 9.73. The summed E-state index contributed by atoms with van der Waals surface area (Å²) < 4.78 is 0.899. The lowest BCUT2D eigenvalue weighted by Crippen LogP contribution is -2.11. The molecule has 0 aromatic carbocycles. The van der Waals surface area contributed by atoms with Crippen molar-refractivity contribution in [3.05, 3.63) is 38.2 Å². The van der Waals surface area contributed by atoms with E-state index in [-0.39, 0.29) is 10.1 Å². The van der Waals surface area contributed by atoms with E-state index >= 15 is 0 Å². The lowest BCUT2D eigenvalue weighted by atomic mass is 10.3. The molecule has 98 valence electrons. The van der Waals surface area contributed by atoms with Crippen LogP contribution in [0.1, 0.15) is 10.4 Å². The SMILES string of the molecule is NC(=O)c1cn(-c2ncc([N+](=O)[O-])s2)nc1[N+](=O)[O-]. The summed E-state index contributed by atoms with van der Waals surface area (Å²) in [6.07, 6.45) is 1.99. The van der Waals surface area contributed by atoms with Crippen LogP contribution in [0.4, 0.5) is 10.8 Å². The molecule has 0 saturated heterocycles. The van der Waals surface area contributed by atoms with E-state index in [1.807, 2.05) is 0 Å². The molecule has 12 heteroatoms. The van der Waals surface area contributed by atoms with Gasteiger partial charge >= 0.3 is 10.8 Å². The fourth-order valence-corrected chi connectivity index (χ4v) is 1.88. The molecular weight excluding hydrogens is 280 g/mol. The van der Waals surface area contributed by atoms with Gasteiger partial charge < -0.3 is 15.8 Å². The number of hydrogen-bond acceptors (Lipinski definition) is 8. The van der Waals surface area contributed by atoms with Crippen LogP contribution in [0.25, 0.3) is 5.13 Å². The lowest BCUT2D eigenvalue weighted by molar-refractivity contribution is -0.389. The number of nitrogens with two attached hydrogens (primary N) is 1. The molecule has 2 aromatic rings. The van der Waals surface area contributed by atoms with Crippen molar-refractivity contribution in [2.45, 2.75) is 0 Å². The molecule has 2 rings (SSSR count). The lowest BCUT2D eigenvalue weighted by Gasteiger charge is -1.88. The van der Waals surface area contributed by atoms with Gasteiger partial charge in [0.05, 0.1) is 16.2 Å². The molecule has 0 aliphatic rings. The smallest absolute Gasteiger partial charge is 0.365 e. The standard InChI is InChI=1S/C7H4N6O5S/c8-5(14)3-2-11(10-6(3)13(17)18)7-9-1-4(19-7)12(15)16/h1-2H,(H2,8,14). The van der Waals surface area contributed by atoms with Gasteiger partial charge in [-0.2, -0.15) is 0 Å². The van der Waals surface area contributed by atoms with Crippen LogP contribution in [0.5, 0.6) is 0 Å². The summed E-state index contributed by atoms with van der Waals surface area (Å²) in [6.45, 7) is 0. The largest absolute Gasteiger partial charge is 0.403 e. The molecular formula is C7H4N6O5S. The molecule has 0 fully saturated rings. The highest BCUT2D eigenvalue weighted by molar-refractivity contribution is 7.17. The molecule has 2 N–H and O–H groups in total. The van der Waals surface area contributed by atoms with Crippen LogP contribution in [0.15, 0.2) is 12.4 Å². The Balaban J connectivity index is 2.50. The van der Waals surface area contributed by atoms with E-state index in [1.165, 1.54) is 0 Å². The van der Waals surface area contributed by atoms with E-state index in [4.69, 9.17) is 5.73 Å². The number of primary amides is 1. The maximum Gasteiger partial charge on any atom is 0.403 e. The van der Waals surface area contributed by atoms with Crippen LogP contribution in [0, 0.1) is 20.2 Å². The van der Waals surface area contributed by atoms with Gasteiger partial charge in [0.1, 0.15) is 6.20 Å². The molecule has 0 aliphatic heterocycles. The third kappa shape index (κ3) is 2.23. The van der Waals surface area contributed by atoms with E-state index < -0.39 is 27.1 Å². The quantitative estimate of drug-likeness (QED) is 0.621. The van der Waals surface area contributed by atoms with Crippen molar-refractivity contribution in [2.24, 2.45) is 5.73 Å². The summed E-state index contributed by atoms with van der Waals surface area (Å²) in [5, 5.41) is 24.5. The van der Waals surface area contributed by atoms with Crippen molar-refractivity contribution in [3.8, 4) is 5.13 Å². The summed E-state index contributed by atoms with van der Waals surface area (Å²) >= 11 is 0.655. The zero-order chi connectivity index (χ0) is 14.2. The maximum atomic E-state index is 11.0. The fourth-order valence-electron chi connectivity index (χ4n) is 1.22. The van der Waals surface area contributed by atoms with E-state index in [1.54, 1.807) is 0 Å². The van der Waals surface area contributed by atoms with Gasteiger partial charge in [-0.1, -0.05) is 0 Å². The molecule has 0 aliphatic carbocycles. The molecule has 0 radical (unpaired) electrons. The minimum Gasteiger partial charge on any atom is -0.365 e. The van der Waals surface area contributed by atoms with Gasteiger partial charge in [0, 0.05) is 0 Å². The van der Waals surface area contributed by atoms with E-state index in [2.05, 4.69) is 10.1 Å². The zero-order valence-electron chi connectivity index (χ0n) is 8.92. The van der Waals surface area contributed by atoms with Crippen LogP contribution in [-0.4, -0.2) is 30.5 Å². The first-order valence-corrected chi connectivity index (χ1v) is 5.36. The topological polar surface area (TPSA) is 160 Å². The number of carbonyl (C=O) groups excluding carboxylic acids is 1. The van der Waals surface area contributed by atoms with Gasteiger partial charge in [0.2, 0.25) is 5.13 Å². The van der Waals surface area contributed by atoms with Gasteiger partial charge in [0.25, 0.3) is 5.91 Å². The van der Waals surface area contributed by atoms with Crippen LogP contribution < -0.4 is 5.73 Å². The third-order valence-electron chi connectivity index (χ3n) is 1.99. The highest BCUT2D eigenvalue weighted by Crippen LogP contribution is 2.25. The highest BCUT2D eigenvalue weighted by atomic mass is 32.1. The Kier molecular flexibility index (Phi) is 2.92. The Bertz CT molecular complexity index is 658. The second kappa shape index (κ2) is 4.41. The van der Waals surface area contributed by atoms with Crippen molar-refractivity contribution < 1.29 is 14.6 Å². The van der Waals surface area contributed by atoms with Gasteiger partial charge in [-0.05, 0) is 16.3 Å². The number of amides is 1. The van der Waals surface area contributed by atoms with Gasteiger partial charge in [-0.15, -0.1) is 4.68 Å². The van der Waals surface area contributed by atoms with Crippen molar-refractivity contribution >= 4 is 28.1 Å². The van der Waals surface area contributed by atoms with Crippen LogP contribution in [0.3, 0.4) is 0 Å². The number of rotatable bonds is 4. The van der Waals surface area contributed by atoms with Gasteiger partial charge in [-0.3, -0.25) is 14.9 Å². The number of nitro groups is 2. The normalized spacial score (nSPS) is 10.3. The van der Waals surface area contributed by atoms with E-state index in [0.29, 0.717) is 11.3 Å². The van der Waals surface area contributed by atoms with Crippen molar-refractivity contribution in [1.29, 1.82) is 0 Å². The molecule has 1 amide bonds. The van der Waals surface area contributed by atoms with E-state index in [9.17, 15) is 25.0 Å². The Labute approximate surface area is 107 Å². The first-order chi connectivity index (χ1) is 8.90.